The fourth-order valence-corrected chi connectivity index (χ4v) is 3.49. The summed E-state index contributed by atoms with van der Waals surface area (Å²) >= 11 is 6.47. The Morgan fingerprint density at radius 3 is 2.68 bits per heavy atom. The number of thiazole rings is 1. The minimum atomic E-state index is -0.456. The second kappa shape index (κ2) is 10.1. The molecule has 0 saturated heterocycles. The molecule has 8 nitrogen and oxygen atoms in total. The smallest absolute Gasteiger partial charge is 0.270 e. The third-order valence-electron chi connectivity index (χ3n) is 4.00. The zero-order valence-electron chi connectivity index (χ0n) is 16.8. The fourth-order valence-electron chi connectivity index (χ4n) is 2.51. The van der Waals surface area contributed by atoms with Gasteiger partial charge in [0.05, 0.1) is 17.2 Å². The van der Waals surface area contributed by atoms with Crippen molar-refractivity contribution in [2.24, 2.45) is 5.92 Å². The van der Waals surface area contributed by atoms with Crippen LogP contribution in [0.5, 0.6) is 5.75 Å². The number of amides is 1. The maximum absolute atomic E-state index is 12.4. The highest BCUT2D eigenvalue weighted by atomic mass is 32.1. The van der Waals surface area contributed by atoms with E-state index in [0.717, 1.165) is 0 Å². The van der Waals surface area contributed by atoms with Crippen molar-refractivity contribution in [3.05, 3.63) is 69.6 Å². The summed E-state index contributed by atoms with van der Waals surface area (Å²) in [5.74, 6) is 0.751. The van der Waals surface area contributed by atoms with Gasteiger partial charge >= 0.3 is 0 Å². The molecule has 3 rings (SSSR count). The summed E-state index contributed by atoms with van der Waals surface area (Å²) in [5, 5.41) is 18.7. The number of nitrogens with one attached hydrogen (secondary N) is 2. The molecule has 0 aliphatic heterocycles. The number of ether oxygens (including phenoxy) is 1. The number of non-ortho nitro benzene ring substituents is 1. The van der Waals surface area contributed by atoms with E-state index in [1.54, 1.807) is 41.8 Å². The SMILES string of the molecule is CC(C)COc1ccc(C(=O)NC(=S)Nc2nc(-c3cccc([N+](=O)[O-])c3)cs2)cc1. The van der Waals surface area contributed by atoms with Gasteiger partial charge in [-0.3, -0.25) is 20.2 Å². The Labute approximate surface area is 188 Å². The average molecular weight is 457 g/mol. The normalized spacial score (nSPS) is 10.5. The monoisotopic (exact) mass is 456 g/mol. The third-order valence-corrected chi connectivity index (χ3v) is 4.97. The summed E-state index contributed by atoms with van der Waals surface area (Å²) in [6, 6.07) is 13.0. The molecule has 0 fully saturated rings. The summed E-state index contributed by atoms with van der Waals surface area (Å²) in [6.45, 7) is 4.72. The van der Waals surface area contributed by atoms with Gasteiger partial charge in [0, 0.05) is 28.6 Å². The maximum atomic E-state index is 12.4. The number of carbonyl (C=O) groups is 1. The van der Waals surface area contributed by atoms with Crippen molar-refractivity contribution in [2.45, 2.75) is 13.8 Å². The van der Waals surface area contributed by atoms with Gasteiger partial charge in [-0.05, 0) is 42.4 Å². The van der Waals surface area contributed by atoms with Gasteiger partial charge in [-0.25, -0.2) is 4.98 Å². The average Bonchev–Trinajstić information content (AvgIpc) is 3.21. The molecule has 0 radical (unpaired) electrons. The summed E-state index contributed by atoms with van der Waals surface area (Å²) in [5.41, 5.74) is 1.62. The van der Waals surface area contributed by atoms with Gasteiger partial charge in [0.2, 0.25) is 0 Å². The molecule has 0 spiro atoms. The van der Waals surface area contributed by atoms with Gasteiger partial charge in [0.15, 0.2) is 10.2 Å². The third kappa shape index (κ3) is 6.30. The molecule has 0 atom stereocenters. The van der Waals surface area contributed by atoms with Crippen LogP contribution in [0, 0.1) is 16.0 Å². The van der Waals surface area contributed by atoms with E-state index in [1.807, 2.05) is 0 Å². The largest absolute Gasteiger partial charge is 0.493 e. The van der Waals surface area contributed by atoms with Crippen LogP contribution in [-0.4, -0.2) is 27.5 Å². The van der Waals surface area contributed by atoms with Gasteiger partial charge in [-0.15, -0.1) is 11.3 Å². The molecule has 1 aromatic heterocycles. The molecule has 10 heteroatoms. The number of thiocarbonyl (C=S) groups is 1. The van der Waals surface area contributed by atoms with Crippen molar-refractivity contribution in [1.82, 2.24) is 10.3 Å². The first-order valence-corrected chi connectivity index (χ1v) is 10.7. The number of nitrogens with zero attached hydrogens (tertiary/aromatic N) is 2. The fraction of sp³-hybridized carbons (Fsp3) is 0.190. The summed E-state index contributed by atoms with van der Waals surface area (Å²) in [6.07, 6.45) is 0. The molecule has 0 aliphatic rings. The minimum Gasteiger partial charge on any atom is -0.493 e. The number of nitro groups is 1. The van der Waals surface area contributed by atoms with Crippen molar-refractivity contribution >= 4 is 45.4 Å². The van der Waals surface area contributed by atoms with E-state index < -0.39 is 4.92 Å². The maximum Gasteiger partial charge on any atom is 0.270 e. The molecule has 0 aliphatic carbocycles. The second-order valence-corrected chi connectivity index (χ2v) is 8.25. The van der Waals surface area contributed by atoms with Gasteiger partial charge in [0.1, 0.15) is 5.75 Å². The van der Waals surface area contributed by atoms with Gasteiger partial charge in [0.25, 0.3) is 11.6 Å². The lowest BCUT2D eigenvalue weighted by molar-refractivity contribution is -0.384. The van der Waals surface area contributed by atoms with Crippen LogP contribution in [0.1, 0.15) is 24.2 Å². The summed E-state index contributed by atoms with van der Waals surface area (Å²) in [7, 11) is 0. The van der Waals surface area contributed by atoms with Gasteiger partial charge in [-0.2, -0.15) is 0 Å². The Balaban J connectivity index is 1.58. The number of aromatic nitrogens is 1. The van der Waals surface area contributed by atoms with E-state index in [2.05, 4.69) is 29.5 Å². The second-order valence-electron chi connectivity index (χ2n) is 6.98. The zero-order chi connectivity index (χ0) is 22.4. The van der Waals surface area contributed by atoms with Crippen LogP contribution in [-0.2, 0) is 0 Å². The molecule has 2 N–H and O–H groups in total. The van der Waals surface area contributed by atoms with E-state index in [-0.39, 0.29) is 16.7 Å². The molecular formula is C21H20N4O4S2. The summed E-state index contributed by atoms with van der Waals surface area (Å²) < 4.78 is 5.61. The predicted molar refractivity (Wildman–Crippen MR) is 125 cm³/mol. The highest BCUT2D eigenvalue weighted by Gasteiger charge is 2.12. The lowest BCUT2D eigenvalue weighted by Gasteiger charge is -2.10. The molecule has 1 heterocycles. The van der Waals surface area contributed by atoms with Crippen LogP contribution in [0.2, 0.25) is 0 Å². The quantitative estimate of drug-likeness (QED) is 0.296. The molecule has 31 heavy (non-hydrogen) atoms. The first kappa shape index (κ1) is 22.3. The highest BCUT2D eigenvalue weighted by molar-refractivity contribution is 7.80. The molecule has 0 unspecified atom stereocenters. The first-order chi connectivity index (χ1) is 14.8. The number of nitro benzene ring substituents is 1. The van der Waals surface area contributed by atoms with Crippen LogP contribution in [0.25, 0.3) is 11.3 Å². The number of anilines is 1. The van der Waals surface area contributed by atoms with Crippen LogP contribution in [0.15, 0.2) is 53.9 Å². The van der Waals surface area contributed by atoms with Crippen LogP contribution >= 0.6 is 23.6 Å². The van der Waals surface area contributed by atoms with E-state index in [0.29, 0.717) is 40.2 Å². The Morgan fingerprint density at radius 1 is 1.26 bits per heavy atom. The standard InChI is InChI=1S/C21H20N4O4S2/c1-13(2)11-29-17-8-6-14(7-9-17)19(26)23-20(30)24-21-22-18(12-31-21)15-4-3-5-16(10-15)25(27)28/h3-10,12-13H,11H2,1-2H3,(H2,22,23,24,26,30). The number of benzene rings is 2. The molecule has 0 bridgehead atoms. The van der Waals surface area contributed by atoms with Crippen molar-refractivity contribution < 1.29 is 14.5 Å². The highest BCUT2D eigenvalue weighted by Crippen LogP contribution is 2.27. The van der Waals surface area contributed by atoms with Crippen molar-refractivity contribution in [3.63, 3.8) is 0 Å². The lowest BCUT2D eigenvalue weighted by atomic mass is 10.1. The molecular weight excluding hydrogens is 436 g/mol. The van der Waals surface area contributed by atoms with E-state index in [9.17, 15) is 14.9 Å². The Kier molecular flexibility index (Phi) is 7.27. The van der Waals surface area contributed by atoms with Gasteiger partial charge in [-0.1, -0.05) is 26.0 Å². The Hall–Kier alpha value is -3.37. The molecule has 1 amide bonds. The number of carbonyl (C=O) groups excluding carboxylic acids is 1. The molecule has 3 aromatic rings. The zero-order valence-corrected chi connectivity index (χ0v) is 18.5. The van der Waals surface area contributed by atoms with Crippen LogP contribution in [0.3, 0.4) is 0 Å². The minimum absolute atomic E-state index is 0.0107. The number of hydrogen-bond acceptors (Lipinski definition) is 7. The molecule has 2 aromatic carbocycles. The molecule has 160 valence electrons. The van der Waals surface area contributed by atoms with Crippen molar-refractivity contribution in [2.75, 3.05) is 11.9 Å². The first-order valence-electron chi connectivity index (χ1n) is 9.37. The van der Waals surface area contributed by atoms with Crippen LogP contribution < -0.4 is 15.4 Å². The van der Waals surface area contributed by atoms with E-state index in [4.69, 9.17) is 17.0 Å². The topological polar surface area (TPSA) is 106 Å². The lowest BCUT2D eigenvalue weighted by Crippen LogP contribution is -2.34. The molecule has 0 saturated carbocycles. The predicted octanol–water partition coefficient (Wildman–Crippen LogP) is 4.88. The van der Waals surface area contributed by atoms with Gasteiger partial charge < -0.3 is 10.1 Å². The van der Waals surface area contributed by atoms with Crippen molar-refractivity contribution in [1.29, 1.82) is 0 Å². The van der Waals surface area contributed by atoms with Crippen molar-refractivity contribution in [3.8, 4) is 17.0 Å². The van der Waals surface area contributed by atoms with E-state index >= 15 is 0 Å². The Morgan fingerprint density at radius 2 is 2.00 bits per heavy atom. The van der Waals surface area contributed by atoms with Crippen LogP contribution in [0.4, 0.5) is 10.8 Å². The van der Waals surface area contributed by atoms with E-state index in [1.165, 1.54) is 23.5 Å². The number of hydrogen-bond donors (Lipinski definition) is 2. The summed E-state index contributed by atoms with van der Waals surface area (Å²) in [4.78, 5) is 27.3. The number of rotatable bonds is 7. The Bertz CT molecular complexity index is 1100.